The number of aliphatic hydroxyl groups excluding tert-OH is 1. The van der Waals surface area contributed by atoms with Crippen LogP contribution in [0.4, 0.5) is 0 Å². The smallest absolute Gasteiger partial charge is 0.158 e. The van der Waals surface area contributed by atoms with E-state index in [1.165, 1.54) is 0 Å². The van der Waals surface area contributed by atoms with Gasteiger partial charge in [0.15, 0.2) is 5.82 Å². The van der Waals surface area contributed by atoms with Crippen molar-refractivity contribution in [3.8, 4) is 0 Å². The van der Waals surface area contributed by atoms with Gasteiger partial charge in [0.25, 0.3) is 0 Å². The molecule has 2 heterocycles. The van der Waals surface area contributed by atoms with Crippen LogP contribution in [-0.4, -0.2) is 24.9 Å². The predicted octanol–water partition coefficient (Wildman–Crippen LogP) is 0.275. The Labute approximate surface area is 78.7 Å². The minimum absolute atomic E-state index is 0.0931. The fourth-order valence-electron chi connectivity index (χ4n) is 1.02. The van der Waals surface area contributed by atoms with E-state index in [1.807, 2.05) is 5.38 Å². The number of nitrogens with zero attached hydrogens (tertiary/aromatic N) is 4. The van der Waals surface area contributed by atoms with Crippen molar-refractivity contribution in [2.45, 2.75) is 13.2 Å². The van der Waals surface area contributed by atoms with E-state index in [9.17, 15) is 0 Å². The maximum atomic E-state index is 8.89. The predicted molar refractivity (Wildman–Crippen MR) is 47.2 cm³/mol. The molecule has 2 aromatic rings. The SMILES string of the molecule is OCc1nncn1Cc1cscn1. The molecular formula is C7H8N4OS. The third-order valence-corrected chi connectivity index (χ3v) is 2.29. The summed E-state index contributed by atoms with van der Waals surface area (Å²) in [6, 6.07) is 0. The van der Waals surface area contributed by atoms with Crippen molar-refractivity contribution in [2.75, 3.05) is 0 Å². The third kappa shape index (κ3) is 1.73. The molecule has 0 bridgehead atoms. The van der Waals surface area contributed by atoms with Crippen LogP contribution in [-0.2, 0) is 13.2 Å². The van der Waals surface area contributed by atoms with Gasteiger partial charge in [0.2, 0.25) is 0 Å². The summed E-state index contributed by atoms with van der Waals surface area (Å²) < 4.78 is 1.77. The second kappa shape index (κ2) is 3.63. The van der Waals surface area contributed by atoms with Gasteiger partial charge in [0.05, 0.1) is 17.7 Å². The van der Waals surface area contributed by atoms with Gasteiger partial charge in [-0.2, -0.15) is 0 Å². The molecule has 0 aromatic carbocycles. The standard InChI is InChI=1S/C7H8N4OS/c12-2-7-10-9-4-11(7)1-6-3-13-5-8-6/h3-5,12H,1-2H2. The van der Waals surface area contributed by atoms with E-state index in [0.717, 1.165) is 5.69 Å². The van der Waals surface area contributed by atoms with Crippen LogP contribution < -0.4 is 0 Å². The van der Waals surface area contributed by atoms with E-state index in [1.54, 1.807) is 27.7 Å². The van der Waals surface area contributed by atoms with Gasteiger partial charge in [-0.25, -0.2) is 4.98 Å². The Bertz CT molecular complexity index is 370. The van der Waals surface area contributed by atoms with Gasteiger partial charge in [-0.05, 0) is 0 Å². The Morgan fingerprint density at radius 3 is 3.15 bits per heavy atom. The molecule has 2 rings (SSSR count). The van der Waals surface area contributed by atoms with Gasteiger partial charge >= 0.3 is 0 Å². The maximum absolute atomic E-state index is 8.89. The molecule has 13 heavy (non-hydrogen) atoms. The fraction of sp³-hybridized carbons (Fsp3) is 0.286. The second-order valence-corrected chi connectivity index (χ2v) is 3.23. The number of hydrogen-bond donors (Lipinski definition) is 1. The normalized spacial score (nSPS) is 10.5. The minimum atomic E-state index is -0.0931. The number of rotatable bonds is 3. The van der Waals surface area contributed by atoms with Gasteiger partial charge in [-0.3, -0.25) is 0 Å². The molecule has 0 atom stereocenters. The molecule has 1 N–H and O–H groups in total. The average Bonchev–Trinajstić information content (AvgIpc) is 2.76. The van der Waals surface area contributed by atoms with Crippen molar-refractivity contribution >= 4 is 11.3 Å². The number of aliphatic hydroxyl groups is 1. The van der Waals surface area contributed by atoms with Crippen LogP contribution >= 0.6 is 11.3 Å². The molecule has 0 aliphatic rings. The first-order valence-corrected chi connectivity index (χ1v) is 4.69. The number of hydrogen-bond acceptors (Lipinski definition) is 5. The first-order valence-electron chi connectivity index (χ1n) is 3.75. The molecule has 0 spiro atoms. The summed E-state index contributed by atoms with van der Waals surface area (Å²) in [5, 5.41) is 18.3. The second-order valence-electron chi connectivity index (χ2n) is 2.51. The molecular weight excluding hydrogens is 188 g/mol. The van der Waals surface area contributed by atoms with Gasteiger partial charge in [0, 0.05) is 5.38 Å². The Morgan fingerprint density at radius 2 is 2.46 bits per heavy atom. The largest absolute Gasteiger partial charge is 0.388 e. The van der Waals surface area contributed by atoms with Gasteiger partial charge in [-0.1, -0.05) is 0 Å². The molecule has 0 saturated heterocycles. The molecule has 2 aromatic heterocycles. The highest BCUT2D eigenvalue weighted by atomic mass is 32.1. The monoisotopic (exact) mass is 196 g/mol. The van der Waals surface area contributed by atoms with E-state index in [2.05, 4.69) is 15.2 Å². The van der Waals surface area contributed by atoms with Crippen molar-refractivity contribution in [3.63, 3.8) is 0 Å². The molecule has 0 saturated carbocycles. The quantitative estimate of drug-likeness (QED) is 0.765. The Kier molecular flexibility index (Phi) is 2.33. The third-order valence-electron chi connectivity index (χ3n) is 1.65. The zero-order valence-electron chi connectivity index (χ0n) is 6.79. The number of aromatic nitrogens is 4. The highest BCUT2D eigenvalue weighted by molar-refractivity contribution is 7.07. The topological polar surface area (TPSA) is 63.8 Å². The van der Waals surface area contributed by atoms with Crippen LogP contribution in [0.1, 0.15) is 11.5 Å². The van der Waals surface area contributed by atoms with Crippen molar-refractivity contribution in [1.29, 1.82) is 0 Å². The van der Waals surface area contributed by atoms with E-state index in [0.29, 0.717) is 12.4 Å². The van der Waals surface area contributed by atoms with Gasteiger partial charge < -0.3 is 9.67 Å². The van der Waals surface area contributed by atoms with Crippen molar-refractivity contribution in [3.05, 3.63) is 28.7 Å². The Morgan fingerprint density at radius 1 is 1.54 bits per heavy atom. The van der Waals surface area contributed by atoms with Crippen LogP contribution in [0.2, 0.25) is 0 Å². The minimum Gasteiger partial charge on any atom is -0.388 e. The molecule has 0 amide bonds. The lowest BCUT2D eigenvalue weighted by Crippen LogP contribution is -2.04. The summed E-state index contributed by atoms with van der Waals surface area (Å²) in [4.78, 5) is 4.13. The number of thiazole rings is 1. The fourth-order valence-corrected chi connectivity index (χ4v) is 1.57. The van der Waals surface area contributed by atoms with Crippen LogP contribution in [0.15, 0.2) is 17.2 Å². The lowest BCUT2D eigenvalue weighted by molar-refractivity contribution is 0.265. The van der Waals surface area contributed by atoms with Crippen molar-refractivity contribution in [2.24, 2.45) is 0 Å². The zero-order chi connectivity index (χ0) is 9.10. The summed E-state index contributed by atoms with van der Waals surface area (Å²) in [6.07, 6.45) is 1.59. The average molecular weight is 196 g/mol. The molecule has 5 nitrogen and oxygen atoms in total. The summed E-state index contributed by atoms with van der Waals surface area (Å²) in [5.74, 6) is 0.563. The lowest BCUT2D eigenvalue weighted by Gasteiger charge is -2.00. The summed E-state index contributed by atoms with van der Waals surface area (Å²) >= 11 is 1.55. The summed E-state index contributed by atoms with van der Waals surface area (Å²) in [5.41, 5.74) is 2.73. The van der Waals surface area contributed by atoms with Crippen LogP contribution in [0.25, 0.3) is 0 Å². The van der Waals surface area contributed by atoms with E-state index in [4.69, 9.17) is 5.11 Å². The summed E-state index contributed by atoms with van der Waals surface area (Å²) in [7, 11) is 0. The van der Waals surface area contributed by atoms with E-state index in [-0.39, 0.29) is 6.61 Å². The molecule has 6 heteroatoms. The molecule has 0 fully saturated rings. The molecule has 68 valence electrons. The van der Waals surface area contributed by atoms with Crippen molar-refractivity contribution < 1.29 is 5.11 Å². The maximum Gasteiger partial charge on any atom is 0.158 e. The molecule has 0 aliphatic heterocycles. The van der Waals surface area contributed by atoms with Crippen molar-refractivity contribution in [1.82, 2.24) is 19.7 Å². The Balaban J connectivity index is 2.18. The lowest BCUT2D eigenvalue weighted by atomic mass is 10.4. The van der Waals surface area contributed by atoms with Crippen LogP contribution in [0, 0.1) is 0 Å². The van der Waals surface area contributed by atoms with Gasteiger partial charge in [-0.15, -0.1) is 21.5 Å². The highest BCUT2D eigenvalue weighted by Gasteiger charge is 2.03. The van der Waals surface area contributed by atoms with E-state index < -0.39 is 0 Å². The van der Waals surface area contributed by atoms with E-state index >= 15 is 0 Å². The summed E-state index contributed by atoms with van der Waals surface area (Å²) in [6.45, 7) is 0.524. The molecule has 0 unspecified atom stereocenters. The zero-order valence-corrected chi connectivity index (χ0v) is 7.61. The van der Waals surface area contributed by atoms with Gasteiger partial charge in [0.1, 0.15) is 12.9 Å². The van der Waals surface area contributed by atoms with Crippen LogP contribution in [0.5, 0.6) is 0 Å². The Hall–Kier alpha value is -1.27. The first kappa shape index (κ1) is 8.33. The van der Waals surface area contributed by atoms with Crippen LogP contribution in [0.3, 0.4) is 0 Å². The molecule has 0 radical (unpaired) electrons. The highest BCUT2D eigenvalue weighted by Crippen LogP contribution is 2.04. The molecule has 0 aliphatic carbocycles. The first-order chi connectivity index (χ1) is 6.40.